The molecule has 16 heteroatoms. The molecular formula is C35H55N7O9. The van der Waals surface area contributed by atoms with Gasteiger partial charge in [-0.3, -0.25) is 33.6 Å². The molecule has 1 aromatic rings. The predicted octanol–water partition coefficient (Wildman–Crippen LogP) is -0.820. The SMILES string of the molecule is CC[C@H](C)[C@H](NC(=O)[C@H](Cc1ccccc1)NC(=O)[C@H](C)N)C(=O)N[C@@H](CC(C)C)C(=O)N1CCC[C@H]1C(=O)N[C@H](C(=O)NCC(=O)O)[C@@H](C)O. The topological polar surface area (TPSA) is 249 Å². The highest BCUT2D eigenvalue weighted by molar-refractivity contribution is 5.97. The molecule has 9 N–H and O–H groups in total. The van der Waals surface area contributed by atoms with E-state index in [1.165, 1.54) is 18.7 Å². The van der Waals surface area contributed by atoms with Crippen LogP contribution >= 0.6 is 0 Å². The number of likely N-dealkylation sites (tertiary alicyclic amines) is 1. The molecule has 0 spiro atoms. The zero-order valence-electron chi connectivity index (χ0n) is 30.3. The Kier molecular flexibility index (Phi) is 17.0. The number of nitrogens with zero attached hydrogens (tertiary/aromatic N) is 1. The number of carboxylic acids is 1. The van der Waals surface area contributed by atoms with E-state index in [9.17, 15) is 38.7 Å². The molecule has 0 aliphatic carbocycles. The van der Waals surface area contributed by atoms with Gasteiger partial charge in [-0.1, -0.05) is 64.4 Å². The third-order valence-corrected chi connectivity index (χ3v) is 8.76. The van der Waals surface area contributed by atoms with E-state index in [1.54, 1.807) is 19.1 Å². The molecule has 0 bridgehead atoms. The number of carboxylic acid groups (broad SMARTS) is 1. The molecule has 0 saturated carbocycles. The minimum Gasteiger partial charge on any atom is -0.480 e. The van der Waals surface area contributed by atoms with Crippen molar-refractivity contribution in [1.82, 2.24) is 31.5 Å². The second kappa shape index (κ2) is 20.3. The number of rotatable bonds is 19. The van der Waals surface area contributed by atoms with Crippen LogP contribution < -0.4 is 32.3 Å². The van der Waals surface area contributed by atoms with Crippen LogP contribution in [0.25, 0.3) is 0 Å². The smallest absolute Gasteiger partial charge is 0.322 e. The largest absolute Gasteiger partial charge is 0.480 e. The molecule has 284 valence electrons. The number of aliphatic hydroxyl groups excluding tert-OH is 1. The fraction of sp³-hybridized carbons (Fsp3) is 0.629. The van der Waals surface area contributed by atoms with Crippen molar-refractivity contribution in [2.75, 3.05) is 13.1 Å². The molecule has 1 saturated heterocycles. The number of benzene rings is 1. The van der Waals surface area contributed by atoms with Crippen molar-refractivity contribution in [1.29, 1.82) is 0 Å². The molecular weight excluding hydrogens is 662 g/mol. The summed E-state index contributed by atoms with van der Waals surface area (Å²) in [5.41, 5.74) is 6.53. The number of hydrogen-bond acceptors (Lipinski definition) is 9. The Bertz CT molecular complexity index is 1370. The van der Waals surface area contributed by atoms with Crippen molar-refractivity contribution in [2.24, 2.45) is 17.6 Å². The summed E-state index contributed by atoms with van der Waals surface area (Å²) in [5.74, 6) is -5.64. The summed E-state index contributed by atoms with van der Waals surface area (Å²) in [5, 5.41) is 31.9. The van der Waals surface area contributed by atoms with Gasteiger partial charge in [0.1, 0.15) is 36.8 Å². The number of carbonyl (C=O) groups is 7. The van der Waals surface area contributed by atoms with Crippen molar-refractivity contribution in [2.45, 2.75) is 116 Å². The van der Waals surface area contributed by atoms with Crippen molar-refractivity contribution < 1.29 is 43.8 Å². The van der Waals surface area contributed by atoms with E-state index in [2.05, 4.69) is 26.6 Å². The number of amides is 6. The zero-order valence-corrected chi connectivity index (χ0v) is 30.3. The van der Waals surface area contributed by atoms with E-state index in [0.717, 1.165) is 5.56 Å². The molecule has 0 radical (unpaired) electrons. The molecule has 2 rings (SSSR count). The van der Waals surface area contributed by atoms with Crippen molar-refractivity contribution in [3.63, 3.8) is 0 Å². The van der Waals surface area contributed by atoms with Gasteiger partial charge in [-0.25, -0.2) is 0 Å². The summed E-state index contributed by atoms with van der Waals surface area (Å²) in [4.78, 5) is 92.3. The lowest BCUT2D eigenvalue weighted by Gasteiger charge is -2.32. The van der Waals surface area contributed by atoms with Crippen LogP contribution in [0.4, 0.5) is 0 Å². The summed E-state index contributed by atoms with van der Waals surface area (Å²) in [6.45, 7) is 9.60. The summed E-state index contributed by atoms with van der Waals surface area (Å²) in [7, 11) is 0. The lowest BCUT2D eigenvalue weighted by Crippen LogP contribution is -2.61. The van der Waals surface area contributed by atoms with Crippen LogP contribution in [0.2, 0.25) is 0 Å². The molecule has 0 aromatic heterocycles. The van der Waals surface area contributed by atoms with Crippen LogP contribution in [-0.4, -0.2) is 112 Å². The number of aliphatic carboxylic acids is 1. The summed E-state index contributed by atoms with van der Waals surface area (Å²) in [6, 6.07) is 2.49. The van der Waals surface area contributed by atoms with E-state index in [0.29, 0.717) is 12.8 Å². The molecule has 6 amide bonds. The van der Waals surface area contributed by atoms with Gasteiger partial charge in [0, 0.05) is 13.0 Å². The number of nitrogens with one attached hydrogen (secondary N) is 5. The van der Waals surface area contributed by atoms with Crippen LogP contribution in [0, 0.1) is 11.8 Å². The van der Waals surface area contributed by atoms with Gasteiger partial charge in [0.2, 0.25) is 35.4 Å². The average molecular weight is 718 g/mol. The summed E-state index contributed by atoms with van der Waals surface area (Å²) in [6.07, 6.45) is 0.196. The lowest BCUT2D eigenvalue weighted by atomic mass is 9.95. The zero-order chi connectivity index (χ0) is 38.4. The number of carbonyl (C=O) groups excluding carboxylic acids is 6. The highest BCUT2D eigenvalue weighted by Gasteiger charge is 2.41. The Labute approximate surface area is 299 Å². The average Bonchev–Trinajstić information content (AvgIpc) is 3.57. The fourth-order valence-corrected chi connectivity index (χ4v) is 5.70. The Hall–Kier alpha value is -4.57. The van der Waals surface area contributed by atoms with Gasteiger partial charge in [0.15, 0.2) is 0 Å². The second-order valence-electron chi connectivity index (χ2n) is 13.6. The Morgan fingerprint density at radius 2 is 1.47 bits per heavy atom. The van der Waals surface area contributed by atoms with E-state index < -0.39 is 90.3 Å². The van der Waals surface area contributed by atoms with Gasteiger partial charge in [-0.15, -0.1) is 0 Å². The van der Waals surface area contributed by atoms with Gasteiger partial charge in [-0.2, -0.15) is 0 Å². The molecule has 0 unspecified atom stereocenters. The molecule has 1 aliphatic rings. The summed E-state index contributed by atoms with van der Waals surface area (Å²) >= 11 is 0. The second-order valence-corrected chi connectivity index (χ2v) is 13.6. The maximum atomic E-state index is 14.0. The van der Waals surface area contributed by atoms with E-state index >= 15 is 0 Å². The first-order valence-corrected chi connectivity index (χ1v) is 17.5. The third kappa shape index (κ3) is 13.2. The highest BCUT2D eigenvalue weighted by atomic mass is 16.4. The monoisotopic (exact) mass is 717 g/mol. The van der Waals surface area contributed by atoms with Crippen LogP contribution in [0.3, 0.4) is 0 Å². The van der Waals surface area contributed by atoms with Gasteiger partial charge >= 0.3 is 5.97 Å². The normalized spacial score (nSPS) is 18.3. The van der Waals surface area contributed by atoms with E-state index in [-0.39, 0.29) is 37.6 Å². The maximum Gasteiger partial charge on any atom is 0.322 e. The molecule has 1 aromatic carbocycles. The quantitative estimate of drug-likeness (QED) is 0.0883. The molecule has 1 fully saturated rings. The van der Waals surface area contributed by atoms with Crippen molar-refractivity contribution in [3.05, 3.63) is 35.9 Å². The van der Waals surface area contributed by atoms with Gasteiger partial charge < -0.3 is 47.4 Å². The van der Waals surface area contributed by atoms with Gasteiger partial charge in [-0.05, 0) is 50.5 Å². The number of aliphatic hydroxyl groups is 1. The Morgan fingerprint density at radius 3 is 2.02 bits per heavy atom. The highest BCUT2D eigenvalue weighted by Crippen LogP contribution is 2.21. The van der Waals surface area contributed by atoms with E-state index in [1.807, 2.05) is 39.0 Å². The van der Waals surface area contributed by atoms with Crippen LogP contribution in [-0.2, 0) is 40.0 Å². The minimum absolute atomic E-state index is 0.0629. The fourth-order valence-electron chi connectivity index (χ4n) is 5.70. The first kappa shape index (κ1) is 42.6. The maximum absolute atomic E-state index is 14.0. The number of nitrogens with two attached hydrogens (primary N) is 1. The van der Waals surface area contributed by atoms with Gasteiger partial charge in [0.05, 0.1) is 12.1 Å². The Balaban J connectivity index is 2.29. The minimum atomic E-state index is -1.47. The molecule has 8 atom stereocenters. The standard InChI is InChI=1S/C35H55N7O9/c1-7-20(4)28(40-31(47)24(38-30(46)21(5)36)17-23-12-9-8-10-13-23)34(50)39-25(16-19(2)3)35(51)42-15-11-14-26(42)32(48)41-29(22(6)43)33(49)37-18-27(44)45/h8-10,12-13,19-22,24-26,28-29,43H,7,11,14-18,36H2,1-6H3,(H,37,49)(H,38,46)(H,39,50)(H,40,47)(H,41,48)(H,44,45)/t20-,21-,22+,24-,25-,26-,28-,29-/m0/s1. The molecule has 51 heavy (non-hydrogen) atoms. The molecule has 1 heterocycles. The van der Waals surface area contributed by atoms with Crippen molar-refractivity contribution >= 4 is 41.4 Å². The van der Waals surface area contributed by atoms with Crippen LogP contribution in [0.1, 0.15) is 72.8 Å². The van der Waals surface area contributed by atoms with Crippen LogP contribution in [0.5, 0.6) is 0 Å². The predicted molar refractivity (Wildman–Crippen MR) is 187 cm³/mol. The molecule has 1 aliphatic heterocycles. The summed E-state index contributed by atoms with van der Waals surface area (Å²) < 4.78 is 0. The lowest BCUT2D eigenvalue weighted by molar-refractivity contribution is -0.143. The number of hydrogen-bond donors (Lipinski definition) is 8. The first-order chi connectivity index (χ1) is 24.0. The first-order valence-electron chi connectivity index (χ1n) is 17.5. The molecule has 16 nitrogen and oxygen atoms in total. The van der Waals surface area contributed by atoms with Gasteiger partial charge in [0.25, 0.3) is 0 Å². The van der Waals surface area contributed by atoms with E-state index in [4.69, 9.17) is 10.8 Å². The van der Waals surface area contributed by atoms with Crippen molar-refractivity contribution in [3.8, 4) is 0 Å². The third-order valence-electron chi connectivity index (χ3n) is 8.76. The Morgan fingerprint density at radius 1 is 0.843 bits per heavy atom. The van der Waals surface area contributed by atoms with Crippen LogP contribution in [0.15, 0.2) is 30.3 Å².